The highest BCUT2D eigenvalue weighted by atomic mass is 32.2. The number of nitrogens with one attached hydrogen (secondary N) is 1. The average molecular weight is 228 g/mol. The van der Waals surface area contributed by atoms with Crippen LogP contribution < -0.4 is 5.32 Å². The molecule has 1 fully saturated rings. The average Bonchev–Trinajstić information content (AvgIpc) is 2.99. The van der Waals surface area contributed by atoms with Gasteiger partial charge in [-0.2, -0.15) is 0 Å². The number of nitrogens with zero attached hydrogens (tertiary/aromatic N) is 1. The van der Waals surface area contributed by atoms with Crippen LogP contribution in [0.15, 0.2) is 4.99 Å². The molecule has 0 aromatic rings. The van der Waals surface area contributed by atoms with Crippen molar-refractivity contribution in [2.45, 2.75) is 31.4 Å². The lowest BCUT2D eigenvalue weighted by Crippen LogP contribution is -2.22. The van der Waals surface area contributed by atoms with E-state index in [1.807, 2.05) is 18.7 Å². The van der Waals surface area contributed by atoms with Gasteiger partial charge in [-0.3, -0.25) is 4.99 Å². The molecule has 1 N–H and O–H groups in total. The molecule has 0 aromatic carbocycles. The third kappa shape index (κ3) is 3.68. The fourth-order valence-electron chi connectivity index (χ4n) is 1.72. The predicted octanol–water partition coefficient (Wildman–Crippen LogP) is 1.88. The summed E-state index contributed by atoms with van der Waals surface area (Å²) in [7, 11) is 0. The van der Waals surface area contributed by atoms with Crippen molar-refractivity contribution < 1.29 is 4.74 Å². The van der Waals surface area contributed by atoms with Gasteiger partial charge >= 0.3 is 0 Å². The highest BCUT2D eigenvalue weighted by molar-refractivity contribution is 8.14. The highest BCUT2D eigenvalue weighted by Crippen LogP contribution is 2.41. The van der Waals surface area contributed by atoms with Crippen LogP contribution in [0, 0.1) is 5.92 Å². The van der Waals surface area contributed by atoms with Crippen LogP contribution in [-0.4, -0.2) is 36.7 Å². The number of ether oxygens (including phenoxy) is 1. The van der Waals surface area contributed by atoms with Gasteiger partial charge in [-0.15, -0.1) is 0 Å². The highest BCUT2D eigenvalue weighted by Gasteiger charge is 2.35. The molecule has 2 aliphatic rings. The minimum Gasteiger partial charge on any atom is -0.382 e. The van der Waals surface area contributed by atoms with Gasteiger partial charge in [0.15, 0.2) is 5.17 Å². The third-order valence-electron chi connectivity index (χ3n) is 2.77. The monoisotopic (exact) mass is 228 g/mol. The van der Waals surface area contributed by atoms with Gasteiger partial charge in [0.1, 0.15) is 0 Å². The molecule has 1 saturated carbocycles. The maximum absolute atomic E-state index is 5.28. The Hall–Kier alpha value is -0.220. The Labute approximate surface area is 96.1 Å². The van der Waals surface area contributed by atoms with E-state index in [1.54, 1.807) is 0 Å². The molecular weight excluding hydrogens is 208 g/mol. The Morgan fingerprint density at radius 2 is 2.40 bits per heavy atom. The maximum atomic E-state index is 5.28. The smallest absolute Gasteiger partial charge is 0.156 e. The van der Waals surface area contributed by atoms with Crippen molar-refractivity contribution in [3.63, 3.8) is 0 Å². The number of rotatable bonds is 6. The van der Waals surface area contributed by atoms with E-state index >= 15 is 0 Å². The summed E-state index contributed by atoms with van der Waals surface area (Å²) >= 11 is 1.94. The summed E-state index contributed by atoms with van der Waals surface area (Å²) in [6.45, 7) is 5.73. The van der Waals surface area contributed by atoms with Crippen LogP contribution in [-0.2, 0) is 4.74 Å². The SMILES string of the molecule is CCOCCCNC1=NCC(C2CC2)S1. The van der Waals surface area contributed by atoms with Gasteiger partial charge in [-0.25, -0.2) is 0 Å². The summed E-state index contributed by atoms with van der Waals surface area (Å²) in [4.78, 5) is 4.52. The van der Waals surface area contributed by atoms with E-state index in [2.05, 4.69) is 10.3 Å². The predicted molar refractivity (Wildman–Crippen MR) is 65.5 cm³/mol. The normalized spacial score (nSPS) is 25.4. The Morgan fingerprint density at radius 3 is 3.13 bits per heavy atom. The number of aliphatic imine (C=N–C) groups is 1. The summed E-state index contributed by atoms with van der Waals surface area (Å²) in [5.74, 6) is 0.960. The van der Waals surface area contributed by atoms with Gasteiger partial charge in [-0.05, 0) is 32.1 Å². The Morgan fingerprint density at radius 1 is 1.53 bits per heavy atom. The van der Waals surface area contributed by atoms with Crippen LogP contribution in [0.5, 0.6) is 0 Å². The lowest BCUT2D eigenvalue weighted by molar-refractivity contribution is 0.146. The Bertz CT molecular complexity index is 229. The topological polar surface area (TPSA) is 33.6 Å². The van der Waals surface area contributed by atoms with Crippen LogP contribution in [0.25, 0.3) is 0 Å². The van der Waals surface area contributed by atoms with E-state index < -0.39 is 0 Å². The number of hydrogen-bond donors (Lipinski definition) is 1. The van der Waals surface area contributed by atoms with Gasteiger partial charge < -0.3 is 10.1 Å². The minimum atomic E-state index is 0.777. The van der Waals surface area contributed by atoms with Crippen LogP contribution in [0.1, 0.15) is 26.2 Å². The summed E-state index contributed by atoms with van der Waals surface area (Å²) in [5, 5.41) is 5.32. The Balaban J connectivity index is 1.52. The van der Waals surface area contributed by atoms with Crippen LogP contribution in [0.4, 0.5) is 0 Å². The lowest BCUT2D eigenvalue weighted by Gasteiger charge is -2.07. The van der Waals surface area contributed by atoms with Gasteiger partial charge in [0.25, 0.3) is 0 Å². The zero-order valence-corrected chi connectivity index (χ0v) is 10.2. The zero-order valence-electron chi connectivity index (χ0n) is 9.37. The van der Waals surface area contributed by atoms with E-state index in [1.165, 1.54) is 12.8 Å². The molecule has 3 nitrogen and oxygen atoms in total. The van der Waals surface area contributed by atoms with E-state index in [4.69, 9.17) is 4.74 Å². The quantitative estimate of drug-likeness (QED) is 0.705. The summed E-state index contributed by atoms with van der Waals surface area (Å²) in [6, 6.07) is 0. The fourth-order valence-corrected chi connectivity index (χ4v) is 2.95. The molecule has 0 saturated heterocycles. The van der Waals surface area contributed by atoms with Crippen molar-refractivity contribution >= 4 is 16.9 Å². The molecule has 4 heteroatoms. The second kappa shape index (κ2) is 5.75. The fraction of sp³-hybridized carbons (Fsp3) is 0.909. The first-order chi connectivity index (χ1) is 7.40. The van der Waals surface area contributed by atoms with Crippen molar-refractivity contribution in [2.75, 3.05) is 26.3 Å². The van der Waals surface area contributed by atoms with Crippen molar-refractivity contribution in [3.05, 3.63) is 0 Å². The number of thioether (sulfide) groups is 1. The maximum Gasteiger partial charge on any atom is 0.156 e. The molecular formula is C11H20N2OS. The van der Waals surface area contributed by atoms with Crippen molar-refractivity contribution in [1.82, 2.24) is 5.32 Å². The molecule has 15 heavy (non-hydrogen) atoms. The number of amidine groups is 1. The molecule has 0 bridgehead atoms. The van der Waals surface area contributed by atoms with Gasteiger partial charge in [0.05, 0.1) is 6.54 Å². The first-order valence-electron chi connectivity index (χ1n) is 5.93. The molecule has 1 unspecified atom stereocenters. The summed E-state index contributed by atoms with van der Waals surface area (Å²) in [6.07, 6.45) is 3.91. The van der Waals surface area contributed by atoms with Gasteiger partial charge in [0, 0.05) is 25.0 Å². The molecule has 0 radical (unpaired) electrons. The van der Waals surface area contributed by atoms with Crippen LogP contribution in [0.3, 0.4) is 0 Å². The molecule has 2 rings (SSSR count). The van der Waals surface area contributed by atoms with Crippen molar-refractivity contribution in [1.29, 1.82) is 0 Å². The van der Waals surface area contributed by atoms with Crippen LogP contribution >= 0.6 is 11.8 Å². The van der Waals surface area contributed by atoms with Crippen LogP contribution in [0.2, 0.25) is 0 Å². The standard InChI is InChI=1S/C11H20N2OS/c1-2-14-7-3-6-12-11-13-8-10(15-11)9-4-5-9/h9-10H,2-8H2,1H3,(H,12,13). The summed E-state index contributed by atoms with van der Waals surface area (Å²) in [5.41, 5.74) is 0. The van der Waals surface area contributed by atoms with Crippen molar-refractivity contribution in [2.24, 2.45) is 10.9 Å². The van der Waals surface area contributed by atoms with E-state index in [9.17, 15) is 0 Å². The minimum absolute atomic E-state index is 0.777. The molecule has 0 spiro atoms. The van der Waals surface area contributed by atoms with E-state index in [-0.39, 0.29) is 0 Å². The first kappa shape index (κ1) is 11.3. The molecule has 1 aliphatic heterocycles. The molecule has 0 amide bonds. The molecule has 1 atom stereocenters. The Kier molecular flexibility index (Phi) is 4.32. The molecule has 0 aromatic heterocycles. The largest absolute Gasteiger partial charge is 0.382 e. The van der Waals surface area contributed by atoms with Crippen molar-refractivity contribution in [3.8, 4) is 0 Å². The lowest BCUT2D eigenvalue weighted by atomic mass is 10.3. The van der Waals surface area contributed by atoms with E-state index in [0.29, 0.717) is 0 Å². The number of hydrogen-bond acceptors (Lipinski definition) is 4. The second-order valence-corrected chi connectivity index (χ2v) is 5.34. The second-order valence-electron chi connectivity index (χ2n) is 4.12. The first-order valence-corrected chi connectivity index (χ1v) is 6.81. The van der Waals surface area contributed by atoms with Gasteiger partial charge in [-0.1, -0.05) is 11.8 Å². The molecule has 1 heterocycles. The summed E-state index contributed by atoms with van der Waals surface area (Å²) < 4.78 is 5.28. The van der Waals surface area contributed by atoms with Gasteiger partial charge in [0.2, 0.25) is 0 Å². The van der Waals surface area contributed by atoms with E-state index in [0.717, 1.165) is 49.1 Å². The third-order valence-corrected chi connectivity index (χ3v) is 4.10. The molecule has 1 aliphatic carbocycles. The molecule has 86 valence electrons. The zero-order chi connectivity index (χ0) is 10.5.